The number of fused-ring (bicyclic) bond motifs is 1. The lowest BCUT2D eigenvalue weighted by Crippen LogP contribution is -2.53. The Bertz CT molecular complexity index is 1610. The number of hydrogen-bond acceptors (Lipinski definition) is 8. The summed E-state index contributed by atoms with van der Waals surface area (Å²) in [5.41, 5.74) is 1.59. The number of methoxy groups -OCH3 is 1. The van der Waals surface area contributed by atoms with E-state index in [0.717, 1.165) is 11.1 Å². The smallest absolute Gasteiger partial charge is 0.471 e. The van der Waals surface area contributed by atoms with E-state index in [9.17, 15) is 26.4 Å². The van der Waals surface area contributed by atoms with E-state index in [-0.39, 0.29) is 21.7 Å². The summed E-state index contributed by atoms with van der Waals surface area (Å²) in [5.74, 6) is -1.29. The molecule has 0 saturated heterocycles. The maximum Gasteiger partial charge on any atom is 0.471 e. The van der Waals surface area contributed by atoms with Gasteiger partial charge in [0.2, 0.25) is 5.95 Å². The summed E-state index contributed by atoms with van der Waals surface area (Å²) in [4.78, 5) is 20.4. The van der Waals surface area contributed by atoms with Crippen molar-refractivity contribution in [2.75, 3.05) is 17.7 Å². The number of aromatic nitrogens is 2. The summed E-state index contributed by atoms with van der Waals surface area (Å²) < 4.78 is 70.1. The molecule has 0 spiro atoms. The van der Waals surface area contributed by atoms with Gasteiger partial charge in [0.05, 0.1) is 34.8 Å². The van der Waals surface area contributed by atoms with E-state index in [1.54, 1.807) is 52.0 Å². The quantitative estimate of drug-likeness (QED) is 0.275. The van der Waals surface area contributed by atoms with Crippen LogP contribution in [-0.4, -0.2) is 48.9 Å². The molecule has 4 rings (SSSR count). The standard InChI is InChI=1S/C28H31ClF3N5O4S/c1-15(2)42(39,40)22-9-7-6-8-19(22)34-24-18(29)14-33-26(37-24)35-20-12-16-10-11-23(36-25(38)28(30,31)32)27(3,4)17(16)13-21(20)41-5/h6-9,12-15,23H,10-11H2,1-5H3,(H,36,38)(H2,33,34,35,37). The molecular formula is C28H31ClF3N5O4S. The lowest BCUT2D eigenvalue weighted by molar-refractivity contribution is -0.175. The van der Waals surface area contributed by atoms with Crippen LogP contribution in [0.25, 0.3) is 0 Å². The van der Waals surface area contributed by atoms with E-state index in [0.29, 0.717) is 30.0 Å². The number of rotatable bonds is 8. The van der Waals surface area contributed by atoms with E-state index in [4.69, 9.17) is 16.3 Å². The number of nitrogens with zero attached hydrogens (tertiary/aromatic N) is 2. The molecular weight excluding hydrogens is 595 g/mol. The van der Waals surface area contributed by atoms with Crippen LogP contribution in [0.2, 0.25) is 5.02 Å². The average Bonchev–Trinajstić information content (AvgIpc) is 2.91. The Labute approximate surface area is 247 Å². The third-order valence-electron chi connectivity index (χ3n) is 7.31. The van der Waals surface area contributed by atoms with Crippen LogP contribution in [0.1, 0.15) is 45.2 Å². The van der Waals surface area contributed by atoms with Crippen molar-refractivity contribution in [2.45, 2.75) is 68.3 Å². The number of benzene rings is 2. The Morgan fingerprint density at radius 2 is 1.83 bits per heavy atom. The van der Waals surface area contributed by atoms with Crippen molar-refractivity contribution in [1.82, 2.24) is 15.3 Å². The number of carbonyl (C=O) groups excluding carboxylic acids is 1. The largest absolute Gasteiger partial charge is 0.495 e. The number of anilines is 4. The van der Waals surface area contributed by atoms with Crippen LogP contribution in [0.3, 0.4) is 0 Å². The summed E-state index contributed by atoms with van der Waals surface area (Å²) in [6.45, 7) is 6.74. The highest BCUT2D eigenvalue weighted by molar-refractivity contribution is 7.92. The third kappa shape index (κ3) is 6.26. The maximum absolute atomic E-state index is 12.9. The number of para-hydroxylation sites is 1. The summed E-state index contributed by atoms with van der Waals surface area (Å²) in [7, 11) is -2.15. The van der Waals surface area contributed by atoms with Crippen molar-refractivity contribution in [3.05, 3.63) is 58.7 Å². The van der Waals surface area contributed by atoms with Gasteiger partial charge in [-0.25, -0.2) is 13.4 Å². The number of ether oxygens (including phenoxy) is 1. The Kier molecular flexibility index (Phi) is 8.66. The molecule has 1 aliphatic carbocycles. The lowest BCUT2D eigenvalue weighted by atomic mass is 9.69. The molecule has 1 heterocycles. The predicted molar refractivity (Wildman–Crippen MR) is 155 cm³/mol. The van der Waals surface area contributed by atoms with Gasteiger partial charge in [-0.3, -0.25) is 4.79 Å². The minimum Gasteiger partial charge on any atom is -0.495 e. The lowest BCUT2D eigenvalue weighted by Gasteiger charge is -2.41. The zero-order valence-electron chi connectivity index (χ0n) is 23.6. The number of halogens is 4. The van der Waals surface area contributed by atoms with E-state index in [1.165, 1.54) is 19.4 Å². The van der Waals surface area contributed by atoms with Gasteiger partial charge in [-0.15, -0.1) is 0 Å². The number of amides is 1. The normalized spacial score (nSPS) is 16.5. The first-order chi connectivity index (χ1) is 19.5. The molecule has 0 radical (unpaired) electrons. The summed E-state index contributed by atoms with van der Waals surface area (Å²) in [5, 5.41) is 7.75. The van der Waals surface area contributed by atoms with Gasteiger partial charge in [0.1, 0.15) is 10.8 Å². The monoisotopic (exact) mass is 625 g/mol. The second kappa shape index (κ2) is 11.6. The number of carbonyl (C=O) groups is 1. The minimum absolute atomic E-state index is 0.105. The first-order valence-electron chi connectivity index (χ1n) is 13.0. The predicted octanol–water partition coefficient (Wildman–Crippen LogP) is 6.08. The molecule has 0 fully saturated rings. The van der Waals surface area contributed by atoms with E-state index in [1.807, 2.05) is 6.07 Å². The molecule has 0 aliphatic heterocycles. The van der Waals surface area contributed by atoms with Crippen LogP contribution in [0.4, 0.5) is 36.3 Å². The van der Waals surface area contributed by atoms with Crippen LogP contribution in [0.15, 0.2) is 47.5 Å². The maximum atomic E-state index is 12.9. The summed E-state index contributed by atoms with van der Waals surface area (Å²) >= 11 is 6.35. The minimum atomic E-state index is -4.97. The van der Waals surface area contributed by atoms with Crippen LogP contribution >= 0.6 is 11.6 Å². The first-order valence-corrected chi connectivity index (χ1v) is 15.0. The SMILES string of the molecule is COc1cc2c(cc1Nc1ncc(Cl)c(Nc3ccccc3S(=O)(=O)C(C)C)n1)CCC(NC(=O)C(F)(F)F)C2(C)C. The zero-order chi connectivity index (χ0) is 31.0. The molecule has 0 bridgehead atoms. The van der Waals surface area contributed by atoms with E-state index < -0.39 is 38.6 Å². The summed E-state index contributed by atoms with van der Waals surface area (Å²) in [6.07, 6.45) is -2.90. The second-order valence-corrected chi connectivity index (χ2v) is 13.6. The van der Waals surface area contributed by atoms with Crippen LogP contribution in [0, 0.1) is 0 Å². The molecule has 1 aliphatic rings. The molecule has 1 unspecified atom stereocenters. The molecule has 3 N–H and O–H groups in total. The van der Waals surface area contributed by atoms with Crippen molar-refractivity contribution in [2.24, 2.45) is 0 Å². The fourth-order valence-electron chi connectivity index (χ4n) is 4.87. The van der Waals surface area contributed by atoms with Gasteiger partial charge in [0.15, 0.2) is 15.7 Å². The van der Waals surface area contributed by atoms with Gasteiger partial charge in [-0.1, -0.05) is 37.6 Å². The highest BCUT2D eigenvalue weighted by Crippen LogP contribution is 2.43. The van der Waals surface area contributed by atoms with Gasteiger partial charge in [0, 0.05) is 11.5 Å². The van der Waals surface area contributed by atoms with Crippen molar-refractivity contribution < 1.29 is 31.1 Å². The molecule has 3 aromatic rings. The van der Waals surface area contributed by atoms with Crippen molar-refractivity contribution in [1.29, 1.82) is 0 Å². The van der Waals surface area contributed by atoms with E-state index >= 15 is 0 Å². The molecule has 42 heavy (non-hydrogen) atoms. The molecule has 1 aromatic heterocycles. The molecule has 1 amide bonds. The van der Waals surface area contributed by atoms with Gasteiger partial charge >= 0.3 is 12.1 Å². The number of hydrogen-bond donors (Lipinski definition) is 3. The van der Waals surface area contributed by atoms with Gasteiger partial charge in [0.25, 0.3) is 0 Å². The molecule has 0 saturated carbocycles. The van der Waals surface area contributed by atoms with Crippen molar-refractivity contribution in [3.63, 3.8) is 0 Å². The Morgan fingerprint density at radius 1 is 1.14 bits per heavy atom. The summed E-state index contributed by atoms with van der Waals surface area (Å²) in [6, 6.07) is 9.24. The molecule has 14 heteroatoms. The van der Waals surface area contributed by atoms with Gasteiger partial charge in [-0.05, 0) is 62.1 Å². The van der Waals surface area contributed by atoms with Gasteiger partial charge in [-0.2, -0.15) is 18.2 Å². The first kappa shape index (κ1) is 31.4. The average molecular weight is 626 g/mol. The van der Waals surface area contributed by atoms with Crippen LogP contribution in [0.5, 0.6) is 5.75 Å². The van der Waals surface area contributed by atoms with E-state index in [2.05, 4.69) is 25.9 Å². The van der Waals surface area contributed by atoms with Crippen LogP contribution < -0.4 is 20.7 Å². The Morgan fingerprint density at radius 3 is 2.48 bits per heavy atom. The molecule has 2 aromatic carbocycles. The topological polar surface area (TPSA) is 122 Å². The third-order valence-corrected chi connectivity index (χ3v) is 9.80. The molecule has 9 nitrogen and oxygen atoms in total. The number of aryl methyl sites for hydroxylation is 1. The molecule has 226 valence electrons. The zero-order valence-corrected chi connectivity index (χ0v) is 25.1. The highest BCUT2D eigenvalue weighted by atomic mass is 35.5. The van der Waals surface area contributed by atoms with Crippen molar-refractivity contribution >= 4 is 50.5 Å². The molecule has 1 atom stereocenters. The number of sulfone groups is 1. The van der Waals surface area contributed by atoms with Crippen LogP contribution in [-0.2, 0) is 26.5 Å². The van der Waals surface area contributed by atoms with Crippen molar-refractivity contribution in [3.8, 4) is 5.75 Å². The number of alkyl halides is 3. The number of nitrogens with one attached hydrogen (secondary N) is 3. The Hall–Kier alpha value is -3.58. The highest BCUT2D eigenvalue weighted by Gasteiger charge is 2.44. The Balaban J connectivity index is 1.64. The fourth-order valence-corrected chi connectivity index (χ4v) is 6.21. The fraction of sp³-hybridized carbons (Fsp3) is 0.393. The second-order valence-electron chi connectivity index (χ2n) is 10.7. The van der Waals surface area contributed by atoms with Gasteiger partial charge < -0.3 is 20.7 Å².